The van der Waals surface area contributed by atoms with Crippen LogP contribution in [-0.2, 0) is 5.41 Å². The maximum Gasteiger partial charge on any atom is 0.160 e. The lowest BCUT2D eigenvalue weighted by molar-refractivity contribution is 0.602. The second-order valence-electron chi connectivity index (χ2n) is 13.7. The van der Waals surface area contributed by atoms with Crippen LogP contribution in [0.2, 0.25) is 0 Å². The van der Waals surface area contributed by atoms with Crippen molar-refractivity contribution in [3.05, 3.63) is 182 Å². The summed E-state index contributed by atoms with van der Waals surface area (Å²) in [6, 6.07) is 53.7. The van der Waals surface area contributed by atoms with Gasteiger partial charge in [0.25, 0.3) is 0 Å². The van der Waals surface area contributed by atoms with Crippen LogP contribution in [0.25, 0.3) is 72.5 Å². The van der Waals surface area contributed by atoms with Gasteiger partial charge in [0.15, 0.2) is 5.82 Å². The van der Waals surface area contributed by atoms with Crippen molar-refractivity contribution in [1.82, 2.24) is 14.5 Å². The SMILES string of the molecule is CNc1cc2c(cc1C1(C)C=CC=CC1)c1ccccc1n2-c1ccc(-c2nc(-c3ccccc3)cc(-c3ccc(-c4ccccc4)cc3)n2)cc1. The molecule has 0 saturated heterocycles. The second kappa shape index (κ2) is 13.0. The van der Waals surface area contributed by atoms with Gasteiger partial charge < -0.3 is 9.88 Å². The van der Waals surface area contributed by atoms with Gasteiger partial charge in [-0.15, -0.1) is 0 Å². The van der Waals surface area contributed by atoms with E-state index in [1.165, 1.54) is 38.5 Å². The van der Waals surface area contributed by atoms with Crippen molar-refractivity contribution in [2.24, 2.45) is 0 Å². The van der Waals surface area contributed by atoms with Gasteiger partial charge in [-0.05, 0) is 71.6 Å². The number of rotatable bonds is 7. The van der Waals surface area contributed by atoms with E-state index < -0.39 is 0 Å². The number of benzene rings is 6. The third kappa shape index (κ3) is 5.59. The van der Waals surface area contributed by atoms with E-state index in [0.29, 0.717) is 5.82 Å². The minimum absolute atomic E-state index is 0.0801. The highest BCUT2D eigenvalue weighted by Gasteiger charge is 2.28. The van der Waals surface area contributed by atoms with Crippen molar-refractivity contribution in [2.45, 2.75) is 18.8 Å². The molecule has 0 fully saturated rings. The number of aromatic nitrogens is 3. The molecule has 0 radical (unpaired) electrons. The monoisotopic (exact) mass is 670 g/mol. The first-order valence-corrected chi connectivity index (χ1v) is 17.9. The van der Waals surface area contributed by atoms with Gasteiger partial charge in [0.2, 0.25) is 0 Å². The van der Waals surface area contributed by atoms with Crippen LogP contribution in [0.3, 0.4) is 0 Å². The Balaban J connectivity index is 1.14. The summed E-state index contributed by atoms with van der Waals surface area (Å²) in [5.41, 5.74) is 13.0. The van der Waals surface area contributed by atoms with E-state index in [2.05, 4.69) is 181 Å². The van der Waals surface area contributed by atoms with E-state index in [9.17, 15) is 0 Å². The maximum absolute atomic E-state index is 5.14. The summed E-state index contributed by atoms with van der Waals surface area (Å²) in [4.78, 5) is 10.2. The highest BCUT2D eigenvalue weighted by atomic mass is 15.0. The molecule has 0 saturated carbocycles. The number of nitrogens with zero attached hydrogens (tertiary/aromatic N) is 3. The van der Waals surface area contributed by atoms with Gasteiger partial charge in [0, 0.05) is 51.3 Å². The third-order valence-corrected chi connectivity index (χ3v) is 10.4. The summed E-state index contributed by atoms with van der Waals surface area (Å²) >= 11 is 0. The first kappa shape index (κ1) is 31.5. The highest BCUT2D eigenvalue weighted by molar-refractivity contribution is 6.10. The van der Waals surface area contributed by atoms with Crippen LogP contribution < -0.4 is 5.32 Å². The van der Waals surface area contributed by atoms with Crippen molar-refractivity contribution in [2.75, 3.05) is 12.4 Å². The number of hydrogen-bond donors (Lipinski definition) is 1. The van der Waals surface area contributed by atoms with Gasteiger partial charge in [-0.1, -0.05) is 134 Å². The van der Waals surface area contributed by atoms with E-state index in [-0.39, 0.29) is 5.41 Å². The van der Waals surface area contributed by atoms with Crippen LogP contribution in [0.1, 0.15) is 18.9 Å². The van der Waals surface area contributed by atoms with Gasteiger partial charge >= 0.3 is 0 Å². The quantitative estimate of drug-likeness (QED) is 0.183. The fourth-order valence-electron chi connectivity index (χ4n) is 7.60. The molecular weight excluding hydrogens is 633 g/mol. The maximum atomic E-state index is 5.14. The Hall–Kier alpha value is -6.52. The Morgan fingerprint density at radius 1 is 0.558 bits per heavy atom. The highest BCUT2D eigenvalue weighted by Crippen LogP contribution is 2.42. The Morgan fingerprint density at radius 3 is 1.83 bits per heavy atom. The molecule has 1 N–H and O–H groups in total. The zero-order valence-corrected chi connectivity index (χ0v) is 29.3. The van der Waals surface area contributed by atoms with E-state index in [0.717, 1.165) is 45.9 Å². The molecule has 0 spiro atoms. The van der Waals surface area contributed by atoms with Crippen LogP contribution in [0, 0.1) is 0 Å². The van der Waals surface area contributed by atoms with Crippen molar-refractivity contribution >= 4 is 27.5 Å². The van der Waals surface area contributed by atoms with E-state index in [1.807, 2.05) is 19.2 Å². The molecular formula is C48H38N4. The molecule has 0 amide bonds. The lowest BCUT2D eigenvalue weighted by Crippen LogP contribution is -2.21. The molecule has 6 aromatic carbocycles. The predicted octanol–water partition coefficient (Wildman–Crippen LogP) is 12.1. The molecule has 9 rings (SSSR count). The molecule has 4 heteroatoms. The largest absolute Gasteiger partial charge is 0.388 e. The molecule has 52 heavy (non-hydrogen) atoms. The minimum atomic E-state index is -0.0801. The second-order valence-corrected chi connectivity index (χ2v) is 13.7. The van der Waals surface area contributed by atoms with Gasteiger partial charge in [0.1, 0.15) is 0 Å². The Bertz CT molecular complexity index is 2620. The summed E-state index contributed by atoms with van der Waals surface area (Å²) < 4.78 is 2.37. The smallest absolute Gasteiger partial charge is 0.160 e. The first-order valence-electron chi connectivity index (χ1n) is 17.9. The molecule has 0 bridgehead atoms. The minimum Gasteiger partial charge on any atom is -0.388 e. The van der Waals surface area contributed by atoms with Gasteiger partial charge in [-0.2, -0.15) is 0 Å². The lowest BCUT2D eigenvalue weighted by atomic mass is 9.76. The van der Waals surface area contributed by atoms with E-state index >= 15 is 0 Å². The molecule has 8 aromatic rings. The number of nitrogens with one attached hydrogen (secondary N) is 1. The summed E-state index contributed by atoms with van der Waals surface area (Å²) in [5.74, 6) is 0.696. The van der Waals surface area contributed by atoms with Crippen LogP contribution >= 0.6 is 0 Å². The molecule has 1 atom stereocenters. The number of hydrogen-bond acceptors (Lipinski definition) is 3. The van der Waals surface area contributed by atoms with Gasteiger partial charge in [-0.3, -0.25) is 0 Å². The Labute approximate surface area is 304 Å². The molecule has 1 unspecified atom stereocenters. The third-order valence-electron chi connectivity index (χ3n) is 10.4. The average molecular weight is 671 g/mol. The topological polar surface area (TPSA) is 42.7 Å². The summed E-state index contributed by atoms with van der Waals surface area (Å²) in [5, 5.41) is 6.02. The van der Waals surface area contributed by atoms with Gasteiger partial charge in [0.05, 0.1) is 22.4 Å². The van der Waals surface area contributed by atoms with Crippen molar-refractivity contribution in [3.8, 4) is 50.7 Å². The first-order chi connectivity index (χ1) is 25.6. The molecule has 0 aliphatic heterocycles. The summed E-state index contributed by atoms with van der Waals surface area (Å²) in [7, 11) is 2.02. The van der Waals surface area contributed by atoms with Crippen molar-refractivity contribution < 1.29 is 0 Å². The fourth-order valence-corrected chi connectivity index (χ4v) is 7.60. The zero-order chi connectivity index (χ0) is 35.1. The van der Waals surface area contributed by atoms with Crippen LogP contribution in [0.5, 0.6) is 0 Å². The Kier molecular flexibility index (Phi) is 7.85. The van der Waals surface area contributed by atoms with Crippen LogP contribution in [-0.4, -0.2) is 21.6 Å². The van der Waals surface area contributed by atoms with Crippen molar-refractivity contribution in [3.63, 3.8) is 0 Å². The number of para-hydroxylation sites is 1. The average Bonchev–Trinajstić information content (AvgIpc) is 3.54. The number of allylic oxidation sites excluding steroid dienone is 4. The van der Waals surface area contributed by atoms with Crippen molar-refractivity contribution in [1.29, 1.82) is 0 Å². The molecule has 250 valence electrons. The number of anilines is 1. The predicted molar refractivity (Wildman–Crippen MR) is 218 cm³/mol. The lowest BCUT2D eigenvalue weighted by Gasteiger charge is -2.29. The zero-order valence-electron chi connectivity index (χ0n) is 29.3. The Morgan fingerprint density at radius 2 is 1.15 bits per heavy atom. The molecule has 2 heterocycles. The van der Waals surface area contributed by atoms with E-state index in [4.69, 9.17) is 9.97 Å². The molecule has 4 nitrogen and oxygen atoms in total. The van der Waals surface area contributed by atoms with Gasteiger partial charge in [-0.25, -0.2) is 9.97 Å². The van der Waals surface area contributed by atoms with E-state index in [1.54, 1.807) is 0 Å². The standard InChI is InChI=1S/C48H38N4/c1-48(28-12-5-13-29-48)41-30-40-39-18-10-11-19-45(39)52(46(40)32-44(41)49-2)38-26-24-37(25-27-38)47-50-42(35-16-8-4-9-17-35)31-43(51-47)36-22-20-34(21-23-36)33-14-6-3-7-15-33/h3-28,30-32,49H,29H2,1-2H3. The summed E-state index contributed by atoms with van der Waals surface area (Å²) in [6.07, 6.45) is 9.87. The fraction of sp³-hybridized carbons (Fsp3) is 0.0833. The van der Waals surface area contributed by atoms with Crippen LogP contribution in [0.15, 0.2) is 176 Å². The molecule has 2 aromatic heterocycles. The number of fused-ring (bicyclic) bond motifs is 3. The summed E-state index contributed by atoms with van der Waals surface area (Å²) in [6.45, 7) is 2.33. The molecule has 1 aliphatic carbocycles. The van der Waals surface area contributed by atoms with Crippen LogP contribution in [0.4, 0.5) is 5.69 Å². The normalized spacial score (nSPS) is 15.3. The molecule has 1 aliphatic rings.